The van der Waals surface area contributed by atoms with E-state index >= 15 is 0 Å². The van der Waals surface area contributed by atoms with E-state index in [0.29, 0.717) is 23.4 Å². The lowest BCUT2D eigenvalue weighted by Crippen LogP contribution is -3.14. The number of methoxy groups -OCH3 is 1. The van der Waals surface area contributed by atoms with E-state index in [9.17, 15) is 14.7 Å². The largest absolute Gasteiger partial charge is 0.872 e. The topological polar surface area (TPSA) is 83.3 Å². The molecule has 2 aliphatic heterocycles. The number of ketones is 1. The van der Waals surface area contributed by atoms with E-state index in [1.54, 1.807) is 37.1 Å². The number of quaternary nitrogens is 1. The van der Waals surface area contributed by atoms with Crippen molar-refractivity contribution in [1.29, 1.82) is 0 Å². The molecule has 0 radical (unpaired) electrons. The van der Waals surface area contributed by atoms with Gasteiger partial charge in [-0.25, -0.2) is 0 Å². The molecule has 1 aromatic heterocycles. The number of carbonyl (C=O) groups excluding carboxylic acids is 2. The van der Waals surface area contributed by atoms with Crippen LogP contribution in [0, 0.1) is 6.92 Å². The predicted octanol–water partition coefficient (Wildman–Crippen LogP) is 0.594. The Hall–Kier alpha value is -2.68. The molecule has 1 unspecified atom stereocenters. The first-order chi connectivity index (χ1) is 15.5. The molecule has 1 N–H and O–H groups in total. The van der Waals surface area contributed by atoms with Crippen LogP contribution in [0.25, 0.3) is 5.76 Å². The zero-order valence-electron chi connectivity index (χ0n) is 18.4. The SMILES string of the molecule is COc1ccc(C([O-])=C2C(=O)C(=O)N(CCC[NH+]3CCOCC3)C2c2cccs2)c(C)c1. The van der Waals surface area contributed by atoms with Crippen molar-refractivity contribution in [3.63, 3.8) is 0 Å². The minimum absolute atomic E-state index is 0.0458. The van der Waals surface area contributed by atoms with Crippen molar-refractivity contribution < 1.29 is 29.1 Å². The maximum Gasteiger partial charge on any atom is 0.295 e. The highest BCUT2D eigenvalue weighted by Crippen LogP contribution is 2.41. The molecule has 2 saturated heterocycles. The van der Waals surface area contributed by atoms with Crippen LogP contribution >= 0.6 is 11.3 Å². The number of ether oxygens (including phenoxy) is 2. The molecule has 0 bridgehead atoms. The van der Waals surface area contributed by atoms with E-state index in [0.717, 1.165) is 44.1 Å². The van der Waals surface area contributed by atoms with E-state index in [-0.39, 0.29) is 11.3 Å². The van der Waals surface area contributed by atoms with Gasteiger partial charge in [-0.1, -0.05) is 17.9 Å². The van der Waals surface area contributed by atoms with Crippen molar-refractivity contribution in [2.24, 2.45) is 0 Å². The summed E-state index contributed by atoms with van der Waals surface area (Å²) in [5, 5.41) is 15.4. The Morgan fingerprint density at radius 2 is 2.06 bits per heavy atom. The van der Waals surface area contributed by atoms with Crippen LogP contribution in [0.4, 0.5) is 0 Å². The van der Waals surface area contributed by atoms with Gasteiger partial charge in [-0.15, -0.1) is 11.3 Å². The Kier molecular flexibility index (Phi) is 6.93. The van der Waals surface area contributed by atoms with Gasteiger partial charge in [-0.3, -0.25) is 9.59 Å². The van der Waals surface area contributed by atoms with Crippen LogP contribution in [0.2, 0.25) is 0 Å². The second-order valence-corrected chi connectivity index (χ2v) is 9.11. The fourth-order valence-electron chi connectivity index (χ4n) is 4.42. The first-order valence-electron chi connectivity index (χ1n) is 10.9. The summed E-state index contributed by atoms with van der Waals surface area (Å²) in [4.78, 5) is 29.9. The summed E-state index contributed by atoms with van der Waals surface area (Å²) < 4.78 is 10.6. The highest BCUT2D eigenvalue weighted by atomic mass is 32.1. The van der Waals surface area contributed by atoms with Crippen molar-refractivity contribution in [1.82, 2.24) is 4.90 Å². The maximum atomic E-state index is 13.5. The van der Waals surface area contributed by atoms with Gasteiger partial charge in [0.05, 0.1) is 32.9 Å². The molecule has 4 rings (SSSR count). The van der Waals surface area contributed by atoms with Crippen molar-refractivity contribution in [2.75, 3.05) is 46.5 Å². The molecular formula is C24H28N2O5S. The van der Waals surface area contributed by atoms with Crippen LogP contribution < -0.4 is 14.7 Å². The van der Waals surface area contributed by atoms with Crippen LogP contribution in [0.5, 0.6) is 5.75 Å². The lowest BCUT2D eigenvalue weighted by atomic mass is 9.97. The number of hydrogen-bond donors (Lipinski definition) is 1. The van der Waals surface area contributed by atoms with Crippen LogP contribution in [0.15, 0.2) is 41.3 Å². The van der Waals surface area contributed by atoms with Gasteiger partial charge in [0, 0.05) is 23.4 Å². The van der Waals surface area contributed by atoms with Crippen molar-refractivity contribution in [3.8, 4) is 5.75 Å². The van der Waals surface area contributed by atoms with Crippen LogP contribution in [0.3, 0.4) is 0 Å². The van der Waals surface area contributed by atoms with Crippen LogP contribution in [-0.2, 0) is 14.3 Å². The average molecular weight is 457 g/mol. The van der Waals surface area contributed by atoms with E-state index in [2.05, 4.69) is 0 Å². The number of carbonyl (C=O) groups is 2. The Morgan fingerprint density at radius 3 is 2.72 bits per heavy atom. The molecule has 0 saturated carbocycles. The number of rotatable bonds is 7. The molecule has 1 aromatic carbocycles. The molecule has 7 nitrogen and oxygen atoms in total. The van der Waals surface area contributed by atoms with Crippen LogP contribution in [0.1, 0.15) is 28.5 Å². The molecule has 2 fully saturated rings. The number of nitrogens with zero attached hydrogens (tertiary/aromatic N) is 1. The van der Waals surface area contributed by atoms with E-state index in [1.807, 2.05) is 17.5 Å². The number of amides is 1. The Labute approximate surface area is 191 Å². The summed E-state index contributed by atoms with van der Waals surface area (Å²) in [6.45, 7) is 6.56. The van der Waals surface area contributed by atoms with Crippen molar-refractivity contribution >= 4 is 28.8 Å². The average Bonchev–Trinajstić information content (AvgIpc) is 3.42. The Morgan fingerprint density at radius 1 is 1.28 bits per heavy atom. The van der Waals surface area contributed by atoms with Gasteiger partial charge < -0.3 is 24.4 Å². The second kappa shape index (κ2) is 9.85. The summed E-state index contributed by atoms with van der Waals surface area (Å²) in [5.41, 5.74) is 1.17. The molecule has 32 heavy (non-hydrogen) atoms. The van der Waals surface area contributed by atoms with Gasteiger partial charge >= 0.3 is 0 Å². The Bertz CT molecular complexity index is 1010. The molecule has 3 heterocycles. The molecule has 2 aliphatic rings. The lowest BCUT2D eigenvalue weighted by molar-refractivity contribution is -0.908. The monoisotopic (exact) mass is 456 g/mol. The molecule has 2 aromatic rings. The third kappa shape index (κ3) is 4.44. The highest BCUT2D eigenvalue weighted by Gasteiger charge is 2.44. The standard InChI is InChI=1S/C24H28N2O5S/c1-16-15-17(30-2)6-7-18(16)22(27)20-21(19-5-3-14-32-19)26(24(29)23(20)28)9-4-8-25-10-12-31-13-11-25/h3,5-7,14-15,21,27H,4,8-13H2,1-2H3. The van der Waals surface area contributed by atoms with Gasteiger partial charge in [0.25, 0.3) is 5.91 Å². The van der Waals surface area contributed by atoms with Gasteiger partial charge in [0.1, 0.15) is 18.8 Å². The lowest BCUT2D eigenvalue weighted by Gasteiger charge is -2.28. The van der Waals surface area contributed by atoms with Gasteiger partial charge in [0.2, 0.25) is 5.78 Å². The van der Waals surface area contributed by atoms with Gasteiger partial charge in [-0.2, -0.15) is 0 Å². The molecule has 0 spiro atoms. The third-order valence-electron chi connectivity index (χ3n) is 6.15. The zero-order chi connectivity index (χ0) is 22.7. The smallest absolute Gasteiger partial charge is 0.295 e. The number of thiophene rings is 1. The number of nitrogens with one attached hydrogen (secondary N) is 1. The number of likely N-dealkylation sites (tertiary alicyclic amines) is 1. The summed E-state index contributed by atoms with van der Waals surface area (Å²) in [6, 6.07) is 8.25. The molecule has 8 heteroatoms. The summed E-state index contributed by atoms with van der Waals surface area (Å²) in [7, 11) is 1.56. The molecule has 170 valence electrons. The van der Waals surface area contributed by atoms with Crippen LogP contribution in [-0.4, -0.2) is 63.1 Å². The number of benzene rings is 1. The van der Waals surface area contributed by atoms with Crippen molar-refractivity contribution in [3.05, 3.63) is 57.3 Å². The van der Waals surface area contributed by atoms with Gasteiger partial charge in [-0.05, 0) is 41.6 Å². The van der Waals surface area contributed by atoms with E-state index in [4.69, 9.17) is 9.47 Å². The first kappa shape index (κ1) is 22.5. The first-order valence-corrected chi connectivity index (χ1v) is 11.8. The molecule has 1 atom stereocenters. The van der Waals surface area contributed by atoms with E-state index in [1.165, 1.54) is 16.2 Å². The highest BCUT2D eigenvalue weighted by molar-refractivity contribution is 7.10. The molecule has 1 amide bonds. The summed E-state index contributed by atoms with van der Waals surface area (Å²) >= 11 is 1.46. The fraction of sp³-hybridized carbons (Fsp3) is 0.417. The predicted molar refractivity (Wildman–Crippen MR) is 119 cm³/mol. The third-order valence-corrected chi connectivity index (χ3v) is 7.07. The molecule has 0 aliphatic carbocycles. The number of aryl methyl sites for hydroxylation is 1. The summed E-state index contributed by atoms with van der Waals surface area (Å²) in [5.74, 6) is -1.03. The minimum Gasteiger partial charge on any atom is -0.872 e. The zero-order valence-corrected chi connectivity index (χ0v) is 19.2. The summed E-state index contributed by atoms with van der Waals surface area (Å²) in [6.07, 6.45) is 0.763. The number of morpholine rings is 1. The normalized spacial score (nSPS) is 21.3. The fourth-order valence-corrected chi connectivity index (χ4v) is 5.26. The Balaban J connectivity index is 1.64. The van der Waals surface area contributed by atoms with Crippen molar-refractivity contribution in [2.45, 2.75) is 19.4 Å². The quantitative estimate of drug-likeness (QED) is 0.375. The second-order valence-electron chi connectivity index (χ2n) is 8.14. The number of Topliss-reactive ketones (excluding diaryl/α,β-unsaturated/α-hetero) is 1. The molecular weight excluding hydrogens is 428 g/mol. The van der Waals surface area contributed by atoms with Gasteiger partial charge in [0.15, 0.2) is 0 Å². The number of hydrogen-bond acceptors (Lipinski definition) is 6. The maximum absolute atomic E-state index is 13.5. The van der Waals surface area contributed by atoms with E-state index < -0.39 is 17.7 Å². The minimum atomic E-state index is -0.692.